The molecule has 0 aliphatic carbocycles. The predicted molar refractivity (Wildman–Crippen MR) is 21.2 cm³/mol. The van der Waals surface area contributed by atoms with E-state index in [2.05, 4.69) is 0 Å². The van der Waals surface area contributed by atoms with Crippen LogP contribution < -0.4 is 0 Å². The fourth-order valence-electron chi connectivity index (χ4n) is 0. The molecule has 0 radical (unpaired) electrons. The van der Waals surface area contributed by atoms with E-state index in [-0.39, 0.29) is 21.9 Å². The summed E-state index contributed by atoms with van der Waals surface area (Å²) in [5.41, 5.74) is 0. The zero-order valence-corrected chi connectivity index (χ0v) is 2.82. The molecule has 0 aliphatic heterocycles. The van der Waals surface area contributed by atoms with Gasteiger partial charge >= 0.3 is 0 Å². The average molecular weight is 104 g/mol. The highest BCUT2D eigenvalue weighted by atomic mass is 16.7. The van der Waals surface area contributed by atoms with E-state index in [9.17, 15) is 0 Å². The van der Waals surface area contributed by atoms with Crippen molar-refractivity contribution in [2.75, 3.05) is 0 Å². The second-order valence-electron chi connectivity index (χ2n) is 0. The minimum absolute atomic E-state index is 0. The molecule has 6 heavy (non-hydrogen) atoms. The lowest BCUT2D eigenvalue weighted by Gasteiger charge is -0.707. The molecule has 0 bridgehead atoms. The van der Waals surface area contributed by atoms with Crippen molar-refractivity contribution in [2.45, 2.75) is 0 Å². The standard InChI is InChI=1S/O2.4H2O/c1-2;;;;/h;4*1H2. The monoisotopic (exact) mass is 104 g/mol. The molecule has 0 spiro atoms. The maximum Gasteiger partial charge on any atom is 0 e. The Hall–Kier alpha value is -0.560. The van der Waals surface area contributed by atoms with Crippen molar-refractivity contribution in [3.05, 3.63) is 9.93 Å². The van der Waals surface area contributed by atoms with Crippen LogP contribution >= 0.6 is 0 Å². The minimum atomic E-state index is 0. The van der Waals surface area contributed by atoms with Crippen molar-refractivity contribution in [1.82, 2.24) is 0 Å². The molecule has 0 unspecified atom stereocenters. The van der Waals surface area contributed by atoms with Gasteiger partial charge in [-0.3, -0.25) is 0 Å². The van der Waals surface area contributed by atoms with Crippen molar-refractivity contribution in [1.29, 1.82) is 0 Å². The van der Waals surface area contributed by atoms with Gasteiger partial charge in [0.15, 0.2) is 0 Å². The van der Waals surface area contributed by atoms with E-state index < -0.39 is 0 Å². The average Bonchev–Trinajstić information content (AvgIpc) is 1.00. The number of hydrogen-bond acceptors (Lipinski definition) is 2. The first-order valence-electron chi connectivity index (χ1n) is 0.167. The Bertz CT molecular complexity index is 0. The van der Waals surface area contributed by atoms with Crippen molar-refractivity contribution < 1.29 is 21.9 Å². The molecule has 8 N–H and O–H groups in total. The summed E-state index contributed by atoms with van der Waals surface area (Å²) in [4.78, 5) is 14.0. The van der Waals surface area contributed by atoms with Crippen LogP contribution in [0.4, 0.5) is 0 Å². The van der Waals surface area contributed by atoms with Crippen LogP contribution in [0.25, 0.3) is 0 Å². The molecule has 0 heterocycles. The first-order valence-corrected chi connectivity index (χ1v) is 0.167. The molecule has 0 aromatic rings. The lowest BCUT2D eigenvalue weighted by Crippen LogP contribution is -0.674. The van der Waals surface area contributed by atoms with Gasteiger partial charge in [0, 0.05) is 9.93 Å². The van der Waals surface area contributed by atoms with Crippen LogP contribution in [0.3, 0.4) is 0 Å². The van der Waals surface area contributed by atoms with Gasteiger partial charge in [0.05, 0.1) is 0 Å². The van der Waals surface area contributed by atoms with E-state index in [4.69, 9.17) is 9.93 Å². The molecular weight excluding hydrogens is 96.0 g/mol. The third-order valence-electron chi connectivity index (χ3n) is 0. The third-order valence-corrected chi connectivity index (χ3v) is 0. The van der Waals surface area contributed by atoms with Gasteiger partial charge in [-0.15, -0.1) is 0 Å². The summed E-state index contributed by atoms with van der Waals surface area (Å²) in [6, 6.07) is 0. The molecule has 6 heteroatoms. The van der Waals surface area contributed by atoms with Crippen LogP contribution in [-0.2, 0) is 0 Å². The molecule has 0 aromatic heterocycles. The summed E-state index contributed by atoms with van der Waals surface area (Å²) in [6.45, 7) is 0. The molecule has 0 fully saturated rings. The molecule has 0 rings (SSSR count). The van der Waals surface area contributed by atoms with Gasteiger partial charge in [-0.1, -0.05) is 0 Å². The van der Waals surface area contributed by atoms with E-state index in [0.29, 0.717) is 0 Å². The van der Waals surface area contributed by atoms with Crippen molar-refractivity contribution in [2.24, 2.45) is 0 Å². The highest BCUT2D eigenvalue weighted by Crippen LogP contribution is 0.741. The lowest BCUT2D eigenvalue weighted by molar-refractivity contribution is 0.823. The highest BCUT2D eigenvalue weighted by Gasteiger charge is 0.707. The van der Waals surface area contributed by atoms with Crippen LogP contribution in [0.1, 0.15) is 0 Å². The SMILES string of the molecule is O.O.O.O.O=O. The van der Waals surface area contributed by atoms with Crippen molar-refractivity contribution in [3.8, 4) is 0 Å². The third kappa shape index (κ3) is 65.3. The summed E-state index contributed by atoms with van der Waals surface area (Å²) in [6.07, 6.45) is 0. The van der Waals surface area contributed by atoms with Crippen LogP contribution in [0.5, 0.6) is 0 Å². The Labute approximate surface area is 33.2 Å². The zero-order chi connectivity index (χ0) is 2.00. The number of rotatable bonds is 0. The van der Waals surface area contributed by atoms with Gasteiger partial charge in [-0.05, 0) is 0 Å². The summed E-state index contributed by atoms with van der Waals surface area (Å²) >= 11 is 0. The first-order chi connectivity index (χ1) is 1.00. The van der Waals surface area contributed by atoms with Gasteiger partial charge in [0.1, 0.15) is 0 Å². The fourth-order valence-corrected chi connectivity index (χ4v) is 0. The molecule has 6 nitrogen and oxygen atoms in total. The second-order valence-corrected chi connectivity index (χ2v) is 0. The Kier molecular flexibility index (Phi) is 15500. The zero-order valence-electron chi connectivity index (χ0n) is 2.82. The summed E-state index contributed by atoms with van der Waals surface area (Å²) in [5, 5.41) is 0. The van der Waals surface area contributed by atoms with E-state index in [1.54, 1.807) is 0 Å². The van der Waals surface area contributed by atoms with E-state index in [1.807, 2.05) is 0 Å². The number of hydrogen-bond donors (Lipinski definition) is 0. The maximum absolute atomic E-state index is 7.00. The minimum Gasteiger partial charge on any atom is -0.412 e. The molecule has 0 saturated carbocycles. The quantitative estimate of drug-likeness (QED) is 0.316. The van der Waals surface area contributed by atoms with Gasteiger partial charge in [-0.25, -0.2) is 0 Å². The smallest absolute Gasteiger partial charge is 0 e. The van der Waals surface area contributed by atoms with Gasteiger partial charge in [0.2, 0.25) is 0 Å². The van der Waals surface area contributed by atoms with Gasteiger partial charge < -0.3 is 21.9 Å². The Balaban J connectivity index is -0.000000000833. The summed E-state index contributed by atoms with van der Waals surface area (Å²) < 4.78 is 0. The molecule has 0 aromatic carbocycles. The largest absolute Gasteiger partial charge is 0.412 e. The molecule has 0 saturated heterocycles. The predicted octanol–water partition coefficient (Wildman–Crippen LogP) is -3.23. The molecule has 44 valence electrons. The maximum atomic E-state index is 7.00. The Morgan fingerprint density at radius 2 is 0.500 bits per heavy atom. The summed E-state index contributed by atoms with van der Waals surface area (Å²) in [7, 11) is 0. The normalized spacial score (nSPS) is 0.667. The molecule has 0 aliphatic rings. The topological polar surface area (TPSA) is 160 Å². The fraction of sp³-hybridized carbons (Fsp3) is 0. The second kappa shape index (κ2) is 168. The van der Waals surface area contributed by atoms with Crippen LogP contribution in [-0.4, -0.2) is 21.9 Å². The van der Waals surface area contributed by atoms with E-state index in [0.717, 1.165) is 0 Å². The lowest BCUT2D eigenvalue weighted by atomic mass is 15.3. The van der Waals surface area contributed by atoms with Crippen LogP contribution in [0, 0.1) is 9.93 Å². The summed E-state index contributed by atoms with van der Waals surface area (Å²) in [5.74, 6) is 0. The molecular formula is H8O6. The van der Waals surface area contributed by atoms with Crippen molar-refractivity contribution >= 4 is 0 Å². The van der Waals surface area contributed by atoms with Crippen LogP contribution in [0.2, 0.25) is 0 Å². The first kappa shape index (κ1) is 554. The van der Waals surface area contributed by atoms with Gasteiger partial charge in [-0.2, -0.15) is 0 Å². The molecule has 0 atom stereocenters. The molecule has 0 amide bonds. The highest BCUT2D eigenvalue weighted by molar-refractivity contribution is 4.07. The Morgan fingerprint density at radius 1 is 0.500 bits per heavy atom. The Morgan fingerprint density at radius 3 is 0.500 bits per heavy atom. The van der Waals surface area contributed by atoms with Crippen LogP contribution in [0.15, 0.2) is 0 Å². The van der Waals surface area contributed by atoms with E-state index >= 15 is 0 Å². The van der Waals surface area contributed by atoms with E-state index in [1.165, 1.54) is 0 Å². The van der Waals surface area contributed by atoms with Gasteiger partial charge in [0.25, 0.3) is 0 Å². The van der Waals surface area contributed by atoms with Crippen molar-refractivity contribution in [3.63, 3.8) is 0 Å².